The summed E-state index contributed by atoms with van der Waals surface area (Å²) in [6, 6.07) is 3.84. The molecule has 0 aliphatic rings. The Kier molecular flexibility index (Phi) is 5.36. The van der Waals surface area contributed by atoms with Crippen LogP contribution < -0.4 is 9.47 Å². The monoisotopic (exact) mass is 265 g/mol. The van der Waals surface area contributed by atoms with Gasteiger partial charge in [-0.3, -0.25) is 4.79 Å². The summed E-state index contributed by atoms with van der Waals surface area (Å²) in [7, 11) is 7.21. The van der Waals surface area contributed by atoms with Crippen LogP contribution in [-0.2, 0) is 4.79 Å². The molecular weight excluding hydrogens is 242 g/mol. The molecule has 1 aromatic carbocycles. The van der Waals surface area contributed by atoms with Crippen molar-refractivity contribution in [2.45, 2.75) is 26.3 Å². The summed E-state index contributed by atoms with van der Waals surface area (Å²) in [4.78, 5) is 13.5. The van der Waals surface area contributed by atoms with Crippen LogP contribution in [0.15, 0.2) is 12.1 Å². The maximum absolute atomic E-state index is 11.5. The fraction of sp³-hybridized carbons (Fsp3) is 0.533. The van der Waals surface area contributed by atoms with Crippen molar-refractivity contribution in [1.82, 2.24) is 4.90 Å². The van der Waals surface area contributed by atoms with E-state index >= 15 is 0 Å². The Bertz CT molecular complexity index is 455. The van der Waals surface area contributed by atoms with Gasteiger partial charge in [-0.05, 0) is 39.6 Å². The Morgan fingerprint density at radius 3 is 2.32 bits per heavy atom. The highest BCUT2D eigenvalue weighted by atomic mass is 16.5. The zero-order valence-electron chi connectivity index (χ0n) is 12.6. The Morgan fingerprint density at radius 2 is 1.89 bits per heavy atom. The summed E-state index contributed by atoms with van der Waals surface area (Å²) < 4.78 is 10.7. The zero-order valence-corrected chi connectivity index (χ0v) is 12.6. The van der Waals surface area contributed by atoms with E-state index in [1.165, 1.54) is 0 Å². The van der Waals surface area contributed by atoms with Crippen LogP contribution in [0.4, 0.5) is 0 Å². The first-order valence-electron chi connectivity index (χ1n) is 6.29. The van der Waals surface area contributed by atoms with E-state index in [-0.39, 0.29) is 11.8 Å². The van der Waals surface area contributed by atoms with Crippen LogP contribution in [0.2, 0.25) is 0 Å². The van der Waals surface area contributed by atoms with E-state index in [9.17, 15) is 4.79 Å². The van der Waals surface area contributed by atoms with Crippen molar-refractivity contribution < 1.29 is 14.3 Å². The van der Waals surface area contributed by atoms with Crippen LogP contribution in [0.3, 0.4) is 0 Å². The maximum Gasteiger partial charge on any atom is 0.131 e. The van der Waals surface area contributed by atoms with Gasteiger partial charge in [0, 0.05) is 24.1 Å². The lowest BCUT2D eigenvalue weighted by Gasteiger charge is -2.27. The normalized spacial score (nSPS) is 12.4. The van der Waals surface area contributed by atoms with Gasteiger partial charge < -0.3 is 14.4 Å². The number of carbonyl (C=O) groups excluding carboxylic acids is 1. The largest absolute Gasteiger partial charge is 0.497 e. The minimum Gasteiger partial charge on any atom is -0.497 e. The fourth-order valence-electron chi connectivity index (χ4n) is 2.26. The van der Waals surface area contributed by atoms with Gasteiger partial charge in [0.05, 0.1) is 14.2 Å². The lowest BCUT2D eigenvalue weighted by molar-refractivity contribution is -0.118. The SMILES string of the molecule is COc1cc(C)c(C(CC(C)=O)N(C)C)c(OC)c1. The molecule has 0 saturated carbocycles. The Hall–Kier alpha value is -1.55. The molecule has 4 heteroatoms. The topological polar surface area (TPSA) is 38.8 Å². The third kappa shape index (κ3) is 3.70. The maximum atomic E-state index is 11.5. The average molecular weight is 265 g/mol. The number of rotatable bonds is 6. The molecule has 0 bridgehead atoms. The molecule has 1 unspecified atom stereocenters. The van der Waals surface area contributed by atoms with Crippen molar-refractivity contribution in [3.8, 4) is 11.5 Å². The van der Waals surface area contributed by atoms with Gasteiger partial charge in [0.2, 0.25) is 0 Å². The van der Waals surface area contributed by atoms with E-state index in [0.717, 1.165) is 22.6 Å². The predicted octanol–water partition coefficient (Wildman–Crippen LogP) is 2.59. The summed E-state index contributed by atoms with van der Waals surface area (Å²) in [6.07, 6.45) is 0.469. The molecule has 0 saturated heterocycles. The molecule has 0 aliphatic heterocycles. The summed E-state index contributed by atoms with van der Waals surface area (Å²) >= 11 is 0. The van der Waals surface area contributed by atoms with Crippen LogP contribution in [0.1, 0.15) is 30.5 Å². The van der Waals surface area contributed by atoms with Gasteiger partial charge in [-0.25, -0.2) is 0 Å². The van der Waals surface area contributed by atoms with Crippen molar-refractivity contribution in [2.75, 3.05) is 28.3 Å². The van der Waals surface area contributed by atoms with E-state index in [0.29, 0.717) is 6.42 Å². The minimum absolute atomic E-state index is 0.0124. The molecule has 1 aromatic rings. The van der Waals surface area contributed by atoms with Crippen molar-refractivity contribution >= 4 is 5.78 Å². The first-order chi connectivity index (χ1) is 8.90. The molecule has 0 fully saturated rings. The molecular formula is C15H23NO3. The number of ketones is 1. The van der Waals surface area contributed by atoms with Crippen LogP contribution >= 0.6 is 0 Å². The van der Waals surface area contributed by atoms with Gasteiger partial charge in [-0.2, -0.15) is 0 Å². The number of Topliss-reactive ketones (excluding diaryl/α,β-unsaturated/α-hetero) is 1. The number of hydrogen-bond donors (Lipinski definition) is 0. The van der Waals surface area contributed by atoms with Crippen LogP contribution in [0, 0.1) is 6.92 Å². The minimum atomic E-state index is 0.0124. The summed E-state index contributed by atoms with van der Waals surface area (Å²) in [6.45, 7) is 3.62. The van der Waals surface area contributed by atoms with Crippen molar-refractivity contribution in [3.63, 3.8) is 0 Å². The lowest BCUT2D eigenvalue weighted by atomic mass is 9.95. The highest BCUT2D eigenvalue weighted by Crippen LogP contribution is 2.36. The molecule has 0 aromatic heterocycles. The van der Waals surface area contributed by atoms with E-state index in [2.05, 4.69) is 0 Å². The molecule has 0 N–H and O–H groups in total. The van der Waals surface area contributed by atoms with E-state index < -0.39 is 0 Å². The third-order valence-electron chi connectivity index (χ3n) is 3.22. The highest BCUT2D eigenvalue weighted by Gasteiger charge is 2.23. The van der Waals surface area contributed by atoms with Crippen LogP contribution in [-0.4, -0.2) is 39.0 Å². The second kappa shape index (κ2) is 6.57. The van der Waals surface area contributed by atoms with Gasteiger partial charge in [0.25, 0.3) is 0 Å². The molecule has 106 valence electrons. The number of nitrogens with zero attached hydrogens (tertiary/aromatic N) is 1. The molecule has 19 heavy (non-hydrogen) atoms. The standard InChI is InChI=1S/C15H23NO3/c1-10-7-12(18-5)9-14(19-6)15(10)13(16(3)4)8-11(2)17/h7,9,13H,8H2,1-6H3. The number of aryl methyl sites for hydroxylation is 1. The molecule has 0 amide bonds. The first kappa shape index (κ1) is 15.5. The second-order valence-electron chi connectivity index (χ2n) is 4.95. The number of benzene rings is 1. The molecule has 1 rings (SSSR count). The number of methoxy groups -OCH3 is 2. The van der Waals surface area contributed by atoms with Crippen LogP contribution in [0.25, 0.3) is 0 Å². The zero-order chi connectivity index (χ0) is 14.6. The average Bonchev–Trinajstić information content (AvgIpc) is 2.34. The van der Waals surface area contributed by atoms with Crippen molar-refractivity contribution in [1.29, 1.82) is 0 Å². The van der Waals surface area contributed by atoms with Gasteiger partial charge in [0.1, 0.15) is 17.3 Å². The molecule has 1 atom stereocenters. The van der Waals surface area contributed by atoms with Gasteiger partial charge >= 0.3 is 0 Å². The van der Waals surface area contributed by atoms with Gasteiger partial charge in [-0.15, -0.1) is 0 Å². The number of carbonyl (C=O) groups is 1. The molecule has 4 nitrogen and oxygen atoms in total. The molecule has 0 radical (unpaired) electrons. The Morgan fingerprint density at radius 1 is 1.26 bits per heavy atom. The predicted molar refractivity (Wildman–Crippen MR) is 76.0 cm³/mol. The van der Waals surface area contributed by atoms with E-state index in [1.807, 2.05) is 38.1 Å². The quantitative estimate of drug-likeness (QED) is 0.792. The number of ether oxygens (including phenoxy) is 2. The van der Waals surface area contributed by atoms with Crippen molar-refractivity contribution in [3.05, 3.63) is 23.3 Å². The van der Waals surface area contributed by atoms with Gasteiger partial charge in [-0.1, -0.05) is 0 Å². The lowest BCUT2D eigenvalue weighted by Crippen LogP contribution is -2.23. The Labute approximate surface area is 115 Å². The fourth-order valence-corrected chi connectivity index (χ4v) is 2.26. The van der Waals surface area contributed by atoms with Gasteiger partial charge in [0.15, 0.2) is 0 Å². The third-order valence-corrected chi connectivity index (χ3v) is 3.22. The molecule has 0 heterocycles. The van der Waals surface area contributed by atoms with E-state index in [1.54, 1.807) is 21.1 Å². The smallest absolute Gasteiger partial charge is 0.131 e. The second-order valence-corrected chi connectivity index (χ2v) is 4.95. The molecule has 0 spiro atoms. The summed E-state index contributed by atoms with van der Waals surface area (Å²) in [5, 5.41) is 0. The number of hydrogen-bond acceptors (Lipinski definition) is 4. The van der Waals surface area contributed by atoms with E-state index in [4.69, 9.17) is 9.47 Å². The van der Waals surface area contributed by atoms with Crippen molar-refractivity contribution in [2.24, 2.45) is 0 Å². The highest BCUT2D eigenvalue weighted by molar-refractivity contribution is 5.76. The molecule has 0 aliphatic carbocycles. The Balaban J connectivity index is 3.32. The van der Waals surface area contributed by atoms with Crippen LogP contribution in [0.5, 0.6) is 11.5 Å². The summed E-state index contributed by atoms with van der Waals surface area (Å²) in [5.41, 5.74) is 2.11. The first-order valence-corrected chi connectivity index (χ1v) is 6.29. The summed E-state index contributed by atoms with van der Waals surface area (Å²) in [5.74, 6) is 1.69.